The number of rotatable bonds is 9. The van der Waals surface area contributed by atoms with E-state index in [0.717, 1.165) is 13.1 Å². The third kappa shape index (κ3) is 5.87. The van der Waals surface area contributed by atoms with E-state index in [4.69, 9.17) is 0 Å². The zero-order valence-corrected chi connectivity index (χ0v) is 10.4. The molecule has 0 saturated heterocycles. The summed E-state index contributed by atoms with van der Waals surface area (Å²) >= 11 is 0. The molecule has 0 aromatic rings. The Morgan fingerprint density at radius 2 is 1.12 bits per heavy atom. The van der Waals surface area contributed by atoms with E-state index in [2.05, 4.69) is 21.0 Å². The molecular formula is C10H22N4O2. The molecule has 94 valence electrons. The van der Waals surface area contributed by atoms with Gasteiger partial charge in [0.05, 0.1) is 0 Å². The van der Waals surface area contributed by atoms with Crippen molar-refractivity contribution in [1.29, 1.82) is 0 Å². The normalized spacial score (nSPS) is 18.5. The van der Waals surface area contributed by atoms with Gasteiger partial charge in [0.25, 0.3) is 0 Å². The van der Waals surface area contributed by atoms with E-state index >= 15 is 0 Å². The minimum absolute atomic E-state index is 0.0659. The average molecular weight is 230 g/mol. The second kappa shape index (κ2) is 8.29. The van der Waals surface area contributed by atoms with Crippen molar-refractivity contribution in [2.75, 3.05) is 13.1 Å². The fourth-order valence-corrected chi connectivity index (χ4v) is 1.12. The fourth-order valence-electron chi connectivity index (χ4n) is 1.12. The second-order valence-electron chi connectivity index (χ2n) is 4.18. The average Bonchev–Trinajstić information content (AvgIpc) is 2.31. The first kappa shape index (κ1) is 15.1. The number of nitrogens with zero attached hydrogens (tertiary/aromatic N) is 2. The first-order valence-corrected chi connectivity index (χ1v) is 5.64. The highest BCUT2D eigenvalue weighted by molar-refractivity contribution is 4.76. The van der Waals surface area contributed by atoms with Crippen molar-refractivity contribution in [3.05, 3.63) is 9.81 Å². The van der Waals surface area contributed by atoms with Gasteiger partial charge >= 0.3 is 0 Å². The lowest BCUT2D eigenvalue weighted by Crippen LogP contribution is -2.42. The van der Waals surface area contributed by atoms with Crippen LogP contribution in [0.25, 0.3) is 0 Å². The Morgan fingerprint density at radius 1 is 0.812 bits per heavy atom. The predicted molar refractivity (Wildman–Crippen MR) is 65.4 cm³/mol. The zero-order chi connectivity index (χ0) is 12.6. The van der Waals surface area contributed by atoms with E-state index in [1.807, 2.05) is 13.8 Å². The molecule has 2 N–H and O–H groups in total. The van der Waals surface area contributed by atoms with E-state index in [1.165, 1.54) is 0 Å². The molecule has 16 heavy (non-hydrogen) atoms. The van der Waals surface area contributed by atoms with Crippen molar-refractivity contribution in [3.8, 4) is 0 Å². The maximum Gasteiger partial charge on any atom is 0.104 e. The van der Waals surface area contributed by atoms with Crippen LogP contribution in [-0.4, -0.2) is 37.3 Å². The standard InChI is InChI=1S/C10H22N4O2/c1-7(9(3)13-15)11-5-6-12-8(2)10(4)14-16/h7-12H,5-6H2,1-4H3. The van der Waals surface area contributed by atoms with Crippen LogP contribution in [-0.2, 0) is 0 Å². The molecule has 0 bridgehead atoms. The van der Waals surface area contributed by atoms with Crippen molar-refractivity contribution in [2.45, 2.75) is 51.9 Å². The molecule has 0 aliphatic rings. The lowest BCUT2D eigenvalue weighted by atomic mass is 10.2. The quantitative estimate of drug-likeness (QED) is 0.461. The Balaban J connectivity index is 3.60. The summed E-state index contributed by atoms with van der Waals surface area (Å²) in [5.41, 5.74) is 0. The molecule has 0 amide bonds. The van der Waals surface area contributed by atoms with E-state index in [0.29, 0.717) is 0 Å². The van der Waals surface area contributed by atoms with Gasteiger partial charge < -0.3 is 10.6 Å². The van der Waals surface area contributed by atoms with Crippen LogP contribution in [0.15, 0.2) is 10.4 Å². The van der Waals surface area contributed by atoms with Gasteiger partial charge in [0.1, 0.15) is 12.1 Å². The topological polar surface area (TPSA) is 82.9 Å². The summed E-state index contributed by atoms with van der Waals surface area (Å²) in [5, 5.41) is 12.3. The van der Waals surface area contributed by atoms with Gasteiger partial charge in [-0.25, -0.2) is 0 Å². The summed E-state index contributed by atoms with van der Waals surface area (Å²) in [6, 6.07) is -0.326. The Morgan fingerprint density at radius 3 is 1.38 bits per heavy atom. The number of hydrogen-bond acceptors (Lipinski definition) is 6. The molecule has 0 saturated carbocycles. The van der Waals surface area contributed by atoms with Crippen LogP contribution in [0.5, 0.6) is 0 Å². The van der Waals surface area contributed by atoms with Crippen LogP contribution >= 0.6 is 0 Å². The Hall–Kier alpha value is -0.880. The van der Waals surface area contributed by atoms with Gasteiger partial charge in [-0.2, -0.15) is 9.81 Å². The van der Waals surface area contributed by atoms with E-state index in [-0.39, 0.29) is 24.2 Å². The molecule has 4 unspecified atom stereocenters. The van der Waals surface area contributed by atoms with Crippen LogP contribution in [0.1, 0.15) is 27.7 Å². The van der Waals surface area contributed by atoms with E-state index in [1.54, 1.807) is 13.8 Å². The highest BCUT2D eigenvalue weighted by atomic mass is 16.3. The minimum Gasteiger partial charge on any atom is -0.311 e. The summed E-state index contributed by atoms with van der Waals surface area (Å²) in [6.45, 7) is 8.86. The summed E-state index contributed by atoms with van der Waals surface area (Å²) in [6.07, 6.45) is 0. The van der Waals surface area contributed by atoms with Crippen LogP contribution in [0.3, 0.4) is 0 Å². The molecule has 0 aliphatic carbocycles. The predicted octanol–water partition coefficient (Wildman–Crippen LogP) is 1.25. The van der Waals surface area contributed by atoms with Crippen molar-refractivity contribution in [2.24, 2.45) is 10.4 Å². The Kier molecular flexibility index (Phi) is 7.84. The number of nitrogens with one attached hydrogen (secondary N) is 2. The third-order valence-electron chi connectivity index (χ3n) is 2.84. The molecule has 0 fully saturated rings. The molecule has 6 nitrogen and oxygen atoms in total. The van der Waals surface area contributed by atoms with Crippen LogP contribution in [0, 0.1) is 9.81 Å². The molecule has 0 aliphatic heterocycles. The maximum absolute atomic E-state index is 10.3. The zero-order valence-electron chi connectivity index (χ0n) is 10.4. The second-order valence-corrected chi connectivity index (χ2v) is 4.18. The Bertz CT molecular complexity index is 191. The summed E-state index contributed by atoms with van der Waals surface area (Å²) < 4.78 is 0. The van der Waals surface area contributed by atoms with Gasteiger partial charge in [-0.3, -0.25) is 0 Å². The van der Waals surface area contributed by atoms with Crippen molar-refractivity contribution >= 4 is 0 Å². The van der Waals surface area contributed by atoms with E-state index in [9.17, 15) is 9.81 Å². The van der Waals surface area contributed by atoms with Crippen molar-refractivity contribution in [3.63, 3.8) is 0 Å². The molecule has 0 aromatic heterocycles. The fraction of sp³-hybridized carbons (Fsp3) is 1.00. The molecule has 0 spiro atoms. The lowest BCUT2D eigenvalue weighted by Gasteiger charge is -2.18. The summed E-state index contributed by atoms with van der Waals surface area (Å²) in [7, 11) is 0. The first-order valence-electron chi connectivity index (χ1n) is 5.64. The smallest absolute Gasteiger partial charge is 0.104 e. The highest BCUT2D eigenvalue weighted by Gasteiger charge is 2.13. The molecule has 0 heterocycles. The van der Waals surface area contributed by atoms with Gasteiger partial charge in [-0.15, -0.1) is 0 Å². The molecule has 6 heteroatoms. The SMILES string of the molecule is CC(N=O)C(C)NCCNC(C)C(C)N=O. The van der Waals surface area contributed by atoms with Gasteiger partial charge in [0.15, 0.2) is 0 Å². The van der Waals surface area contributed by atoms with Crippen LogP contribution in [0.2, 0.25) is 0 Å². The summed E-state index contributed by atoms with van der Waals surface area (Å²) in [4.78, 5) is 20.5. The highest BCUT2D eigenvalue weighted by Crippen LogP contribution is 1.97. The van der Waals surface area contributed by atoms with E-state index < -0.39 is 0 Å². The third-order valence-corrected chi connectivity index (χ3v) is 2.84. The number of nitroso groups, excluding NO2 is 2. The molecule has 0 rings (SSSR count). The molecule has 0 radical (unpaired) electrons. The van der Waals surface area contributed by atoms with Crippen LogP contribution < -0.4 is 10.6 Å². The molecular weight excluding hydrogens is 208 g/mol. The molecule has 4 atom stereocenters. The van der Waals surface area contributed by atoms with Gasteiger partial charge in [0, 0.05) is 25.2 Å². The van der Waals surface area contributed by atoms with Crippen LogP contribution in [0.4, 0.5) is 0 Å². The maximum atomic E-state index is 10.3. The minimum atomic E-state index is -0.229. The van der Waals surface area contributed by atoms with Crippen molar-refractivity contribution in [1.82, 2.24) is 10.6 Å². The van der Waals surface area contributed by atoms with Gasteiger partial charge in [-0.05, 0) is 27.7 Å². The largest absolute Gasteiger partial charge is 0.311 e. The summed E-state index contributed by atoms with van der Waals surface area (Å²) in [5.74, 6) is 0. The number of hydrogen-bond donors (Lipinski definition) is 2. The van der Waals surface area contributed by atoms with Gasteiger partial charge in [0.2, 0.25) is 0 Å². The Labute approximate surface area is 96.5 Å². The lowest BCUT2D eigenvalue weighted by molar-refractivity contribution is 0.436. The van der Waals surface area contributed by atoms with Crippen molar-refractivity contribution < 1.29 is 0 Å². The first-order chi connectivity index (χ1) is 7.52. The van der Waals surface area contributed by atoms with Gasteiger partial charge in [-0.1, -0.05) is 10.4 Å². The monoisotopic (exact) mass is 230 g/mol. The molecule has 0 aromatic carbocycles.